The van der Waals surface area contributed by atoms with Crippen LogP contribution >= 0.6 is 0 Å². The number of aromatic nitrogens is 1. The minimum atomic E-state index is -0.508. The van der Waals surface area contributed by atoms with Crippen LogP contribution in [0.4, 0.5) is 0 Å². The molecule has 2 aromatic rings. The standard InChI is InChI=1S/C9H7N.C5H8O3.C2H4/c1-2-6-9-8(4-1)5-3-7-10-9;1-2-8-4-5(7)3-6;1-2/h1-7H;3H,2,4H2,1H3;1-2H2. The van der Waals surface area contributed by atoms with Gasteiger partial charge < -0.3 is 4.74 Å². The Morgan fingerprint density at radius 1 is 1.25 bits per heavy atom. The van der Waals surface area contributed by atoms with E-state index in [4.69, 9.17) is 0 Å². The van der Waals surface area contributed by atoms with Crippen LogP contribution in [0.2, 0.25) is 0 Å². The molecule has 0 saturated heterocycles. The fourth-order valence-electron chi connectivity index (χ4n) is 1.25. The molecule has 0 fully saturated rings. The summed E-state index contributed by atoms with van der Waals surface area (Å²) in [6.07, 6.45) is 2.07. The third kappa shape index (κ3) is 7.18. The Morgan fingerprint density at radius 3 is 2.50 bits per heavy atom. The summed E-state index contributed by atoms with van der Waals surface area (Å²) in [5.74, 6) is -0.508. The Labute approximate surface area is 119 Å². The van der Waals surface area contributed by atoms with Gasteiger partial charge in [0.15, 0.2) is 6.29 Å². The summed E-state index contributed by atoms with van der Waals surface area (Å²) in [6.45, 7) is 8.15. The number of pyridine rings is 1. The number of ketones is 1. The van der Waals surface area contributed by atoms with E-state index in [-0.39, 0.29) is 12.9 Å². The van der Waals surface area contributed by atoms with Gasteiger partial charge in [0.25, 0.3) is 0 Å². The van der Waals surface area contributed by atoms with Crippen LogP contribution in [0, 0.1) is 0 Å². The van der Waals surface area contributed by atoms with Crippen molar-refractivity contribution >= 4 is 23.0 Å². The first-order valence-electron chi connectivity index (χ1n) is 6.13. The molecule has 0 atom stereocenters. The van der Waals surface area contributed by atoms with E-state index in [0.29, 0.717) is 6.61 Å². The van der Waals surface area contributed by atoms with Crippen molar-refractivity contribution in [2.45, 2.75) is 6.92 Å². The van der Waals surface area contributed by atoms with Crippen molar-refractivity contribution in [2.75, 3.05) is 13.2 Å². The summed E-state index contributed by atoms with van der Waals surface area (Å²) in [7, 11) is 0. The van der Waals surface area contributed by atoms with E-state index < -0.39 is 5.78 Å². The predicted molar refractivity (Wildman–Crippen MR) is 80.6 cm³/mol. The van der Waals surface area contributed by atoms with Crippen LogP contribution in [0.15, 0.2) is 55.8 Å². The van der Waals surface area contributed by atoms with Gasteiger partial charge in [0.05, 0.1) is 5.52 Å². The van der Waals surface area contributed by atoms with Gasteiger partial charge in [0.1, 0.15) is 6.61 Å². The fourth-order valence-corrected chi connectivity index (χ4v) is 1.25. The van der Waals surface area contributed by atoms with E-state index in [1.807, 2.05) is 30.5 Å². The first-order chi connectivity index (χ1) is 9.77. The van der Waals surface area contributed by atoms with E-state index in [9.17, 15) is 9.59 Å². The molecule has 0 aliphatic carbocycles. The molecule has 0 saturated carbocycles. The zero-order valence-corrected chi connectivity index (χ0v) is 11.6. The van der Waals surface area contributed by atoms with Gasteiger partial charge in [-0.2, -0.15) is 0 Å². The molecule has 106 valence electrons. The van der Waals surface area contributed by atoms with E-state index in [2.05, 4.69) is 35.0 Å². The highest BCUT2D eigenvalue weighted by Crippen LogP contribution is 2.07. The lowest BCUT2D eigenvalue weighted by Gasteiger charge is -1.91. The maximum atomic E-state index is 10.1. The van der Waals surface area contributed by atoms with Gasteiger partial charge in [0, 0.05) is 18.2 Å². The van der Waals surface area contributed by atoms with Crippen molar-refractivity contribution < 1.29 is 14.3 Å². The van der Waals surface area contributed by atoms with Gasteiger partial charge in [0.2, 0.25) is 5.78 Å². The van der Waals surface area contributed by atoms with Crippen molar-refractivity contribution in [3.63, 3.8) is 0 Å². The van der Waals surface area contributed by atoms with Crippen molar-refractivity contribution in [1.29, 1.82) is 0 Å². The molecule has 20 heavy (non-hydrogen) atoms. The molecule has 1 heterocycles. The lowest BCUT2D eigenvalue weighted by Crippen LogP contribution is -2.08. The molecule has 1 aromatic carbocycles. The minimum absolute atomic E-state index is 0.0833. The van der Waals surface area contributed by atoms with E-state index in [0.717, 1.165) is 5.52 Å². The Balaban J connectivity index is 0.000000330. The number of hydrogen-bond acceptors (Lipinski definition) is 4. The molecule has 0 radical (unpaired) electrons. The SMILES string of the molecule is C=C.CCOCC(=O)C=O.c1ccc2ncccc2c1. The number of fused-ring (bicyclic) bond motifs is 1. The summed E-state index contributed by atoms with van der Waals surface area (Å²) in [5, 5.41) is 1.20. The van der Waals surface area contributed by atoms with Crippen LogP contribution in [0.5, 0.6) is 0 Å². The molecule has 0 N–H and O–H groups in total. The molecular weight excluding hydrogens is 254 g/mol. The molecule has 0 unspecified atom stereocenters. The predicted octanol–water partition coefficient (Wildman–Crippen LogP) is 2.83. The van der Waals surface area contributed by atoms with Gasteiger partial charge in [-0.25, -0.2) is 0 Å². The molecule has 0 aliphatic rings. The van der Waals surface area contributed by atoms with Crippen molar-refractivity contribution in [3.8, 4) is 0 Å². The second kappa shape index (κ2) is 11.7. The average molecular weight is 273 g/mol. The normalized spacial score (nSPS) is 8.65. The third-order valence-corrected chi connectivity index (χ3v) is 2.09. The lowest BCUT2D eigenvalue weighted by atomic mass is 10.2. The van der Waals surface area contributed by atoms with Crippen LogP contribution in [-0.2, 0) is 14.3 Å². The number of hydrogen-bond donors (Lipinski definition) is 0. The zero-order chi connectivity index (χ0) is 15.2. The number of carbonyl (C=O) groups excluding carboxylic acids is 2. The quantitative estimate of drug-likeness (QED) is 0.488. The van der Waals surface area contributed by atoms with Crippen LogP contribution in [0.3, 0.4) is 0 Å². The topological polar surface area (TPSA) is 56.3 Å². The summed E-state index contributed by atoms with van der Waals surface area (Å²) in [4.78, 5) is 23.8. The highest BCUT2D eigenvalue weighted by Gasteiger charge is 1.94. The zero-order valence-electron chi connectivity index (χ0n) is 11.6. The maximum Gasteiger partial charge on any atom is 0.220 e. The number of aldehydes is 1. The first-order valence-corrected chi connectivity index (χ1v) is 6.13. The molecular formula is C16H19NO3. The summed E-state index contributed by atoms with van der Waals surface area (Å²) in [6, 6.07) is 12.1. The monoisotopic (exact) mass is 273 g/mol. The van der Waals surface area contributed by atoms with Gasteiger partial charge in [-0.15, -0.1) is 13.2 Å². The van der Waals surface area contributed by atoms with Crippen molar-refractivity contribution in [1.82, 2.24) is 4.98 Å². The van der Waals surface area contributed by atoms with Crippen LogP contribution in [0.25, 0.3) is 10.9 Å². The summed E-state index contributed by atoms with van der Waals surface area (Å²) < 4.78 is 4.61. The molecule has 0 bridgehead atoms. The van der Waals surface area contributed by atoms with Gasteiger partial charge >= 0.3 is 0 Å². The maximum absolute atomic E-state index is 10.1. The van der Waals surface area contributed by atoms with Crippen LogP contribution < -0.4 is 0 Å². The first kappa shape index (κ1) is 17.7. The number of ether oxygens (including phenoxy) is 1. The van der Waals surface area contributed by atoms with E-state index in [1.54, 1.807) is 6.92 Å². The fraction of sp³-hybridized carbons (Fsp3) is 0.188. The van der Waals surface area contributed by atoms with Crippen molar-refractivity contribution in [2.24, 2.45) is 0 Å². The molecule has 0 amide bonds. The van der Waals surface area contributed by atoms with Gasteiger partial charge in [-0.05, 0) is 19.1 Å². The van der Waals surface area contributed by atoms with Gasteiger partial charge in [-0.1, -0.05) is 24.3 Å². The van der Waals surface area contributed by atoms with Crippen molar-refractivity contribution in [3.05, 3.63) is 55.8 Å². The highest BCUT2D eigenvalue weighted by atomic mass is 16.5. The lowest BCUT2D eigenvalue weighted by molar-refractivity contribution is -0.132. The molecule has 4 nitrogen and oxygen atoms in total. The molecule has 1 aromatic heterocycles. The number of carbonyl (C=O) groups is 2. The van der Waals surface area contributed by atoms with Crippen LogP contribution in [-0.4, -0.2) is 30.3 Å². The van der Waals surface area contributed by atoms with Gasteiger partial charge in [-0.3, -0.25) is 14.6 Å². The summed E-state index contributed by atoms with van der Waals surface area (Å²) in [5.41, 5.74) is 1.06. The Morgan fingerprint density at radius 2 is 1.90 bits per heavy atom. The number of nitrogens with zero attached hydrogens (tertiary/aromatic N) is 1. The Kier molecular flexibility index (Phi) is 10.4. The molecule has 2 rings (SSSR count). The van der Waals surface area contributed by atoms with E-state index in [1.165, 1.54) is 5.39 Å². The summed E-state index contributed by atoms with van der Waals surface area (Å²) >= 11 is 0. The number of benzene rings is 1. The largest absolute Gasteiger partial charge is 0.373 e. The molecule has 4 heteroatoms. The molecule has 0 spiro atoms. The number of rotatable bonds is 4. The third-order valence-electron chi connectivity index (χ3n) is 2.09. The van der Waals surface area contributed by atoms with E-state index >= 15 is 0 Å². The highest BCUT2D eigenvalue weighted by molar-refractivity contribution is 6.25. The minimum Gasteiger partial charge on any atom is -0.373 e. The molecule has 0 aliphatic heterocycles. The second-order valence-electron chi connectivity index (χ2n) is 3.42. The Bertz CT molecular complexity index is 460. The number of Topliss-reactive ketones (excluding diaryl/α,β-unsaturated/α-hetero) is 1. The van der Waals surface area contributed by atoms with Crippen LogP contribution in [0.1, 0.15) is 6.92 Å². The smallest absolute Gasteiger partial charge is 0.220 e. The average Bonchev–Trinajstić information content (AvgIpc) is 2.55. The Hall–Kier alpha value is -2.33. The second-order valence-corrected chi connectivity index (χ2v) is 3.42. The number of para-hydroxylation sites is 1.